The molecule has 2 heterocycles. The number of fused-ring (bicyclic) bond motifs is 1. The minimum atomic E-state index is -0.0925. The fourth-order valence-electron chi connectivity index (χ4n) is 3.53. The normalized spacial score (nSPS) is 19.2. The van der Waals surface area contributed by atoms with Crippen LogP contribution in [0.15, 0.2) is 47.8 Å². The van der Waals surface area contributed by atoms with Crippen LogP contribution in [0.3, 0.4) is 0 Å². The molecule has 1 aliphatic carbocycles. The summed E-state index contributed by atoms with van der Waals surface area (Å²) in [6.07, 6.45) is 9.36. The van der Waals surface area contributed by atoms with Gasteiger partial charge in [0.05, 0.1) is 24.0 Å². The highest BCUT2D eigenvalue weighted by Crippen LogP contribution is 2.38. The van der Waals surface area contributed by atoms with E-state index < -0.39 is 0 Å². The summed E-state index contributed by atoms with van der Waals surface area (Å²) in [5, 5.41) is 7.14. The van der Waals surface area contributed by atoms with Gasteiger partial charge in [-0.15, -0.1) is 0 Å². The molecule has 2 N–H and O–H groups in total. The predicted molar refractivity (Wildman–Crippen MR) is 104 cm³/mol. The Morgan fingerprint density at radius 3 is 2.60 bits per heavy atom. The van der Waals surface area contributed by atoms with Crippen LogP contribution in [0.2, 0.25) is 0 Å². The molecule has 25 heavy (non-hydrogen) atoms. The van der Waals surface area contributed by atoms with Gasteiger partial charge in [-0.05, 0) is 18.4 Å². The van der Waals surface area contributed by atoms with Crippen molar-refractivity contribution in [2.75, 3.05) is 10.6 Å². The van der Waals surface area contributed by atoms with Gasteiger partial charge in [-0.2, -0.15) is 0 Å². The summed E-state index contributed by atoms with van der Waals surface area (Å²) in [6.45, 7) is 4.69. The summed E-state index contributed by atoms with van der Waals surface area (Å²) in [6, 6.07) is 10.4. The first-order valence-electron chi connectivity index (χ1n) is 9.30. The van der Waals surface area contributed by atoms with Gasteiger partial charge in [-0.1, -0.05) is 63.4 Å². The average Bonchev–Trinajstić information content (AvgIpc) is 2.69. The van der Waals surface area contributed by atoms with Crippen LogP contribution in [0.25, 0.3) is 0 Å². The largest absolute Gasteiger partial charge is 0.368 e. The third kappa shape index (κ3) is 3.81. The molecule has 0 amide bonds. The van der Waals surface area contributed by atoms with Gasteiger partial charge >= 0.3 is 0 Å². The van der Waals surface area contributed by atoms with Gasteiger partial charge < -0.3 is 10.6 Å². The molecule has 132 valence electrons. The van der Waals surface area contributed by atoms with E-state index in [1.165, 1.54) is 24.8 Å². The fraction of sp³-hybridized carbons (Fsp3) is 0.450. The summed E-state index contributed by atoms with van der Waals surface area (Å²) in [5.74, 6) is 1.84. The summed E-state index contributed by atoms with van der Waals surface area (Å²) in [5.41, 5.74) is 2.11. The van der Waals surface area contributed by atoms with Crippen molar-refractivity contribution in [2.45, 2.75) is 58.0 Å². The highest BCUT2D eigenvalue weighted by Gasteiger charge is 2.41. The number of aliphatic imine (C=N–C) groups is 1. The highest BCUT2D eigenvalue weighted by molar-refractivity contribution is 6.08. The zero-order valence-corrected chi connectivity index (χ0v) is 15.1. The topological polar surface area (TPSA) is 62.2 Å². The number of benzene rings is 1. The summed E-state index contributed by atoms with van der Waals surface area (Å²) >= 11 is 0. The predicted octanol–water partition coefficient (Wildman–Crippen LogP) is 4.64. The second kappa shape index (κ2) is 8.10. The van der Waals surface area contributed by atoms with Crippen molar-refractivity contribution in [1.29, 1.82) is 0 Å². The van der Waals surface area contributed by atoms with Crippen LogP contribution in [-0.4, -0.2) is 21.3 Å². The Morgan fingerprint density at radius 1 is 1.08 bits per heavy atom. The number of hydrogen-bond acceptors (Lipinski definition) is 4. The van der Waals surface area contributed by atoms with Crippen molar-refractivity contribution >= 4 is 17.3 Å². The lowest BCUT2D eigenvalue weighted by Crippen LogP contribution is -2.54. The lowest BCUT2D eigenvalue weighted by atomic mass is 9.79. The second-order valence-corrected chi connectivity index (χ2v) is 6.33. The first-order valence-corrected chi connectivity index (χ1v) is 9.30. The molecule has 1 aliphatic heterocycles. The van der Waals surface area contributed by atoms with E-state index in [0.29, 0.717) is 6.54 Å². The maximum absolute atomic E-state index is 4.91. The summed E-state index contributed by atoms with van der Waals surface area (Å²) in [7, 11) is 0. The Labute approximate surface area is 150 Å². The number of anilines is 2. The SMILES string of the molecule is CC.c1ccc(CN=C2Nc3ncncc3NC23CCCCC3)cc1. The van der Waals surface area contributed by atoms with Gasteiger partial charge in [0.15, 0.2) is 5.82 Å². The van der Waals surface area contributed by atoms with Gasteiger partial charge in [0.25, 0.3) is 0 Å². The zero-order chi connectivity index (χ0) is 17.5. The van der Waals surface area contributed by atoms with Crippen molar-refractivity contribution in [2.24, 2.45) is 4.99 Å². The third-order valence-corrected chi connectivity index (χ3v) is 4.75. The molecule has 0 atom stereocenters. The first kappa shape index (κ1) is 17.4. The van der Waals surface area contributed by atoms with E-state index in [0.717, 1.165) is 30.2 Å². The van der Waals surface area contributed by atoms with E-state index >= 15 is 0 Å². The van der Waals surface area contributed by atoms with E-state index in [1.807, 2.05) is 26.1 Å². The number of hydrogen-bond donors (Lipinski definition) is 2. The average molecular weight is 337 g/mol. The van der Waals surface area contributed by atoms with Crippen LogP contribution in [0, 0.1) is 0 Å². The Morgan fingerprint density at radius 2 is 1.84 bits per heavy atom. The molecule has 4 rings (SSSR count). The number of aromatic nitrogens is 2. The highest BCUT2D eigenvalue weighted by atomic mass is 15.2. The molecule has 1 aromatic carbocycles. The summed E-state index contributed by atoms with van der Waals surface area (Å²) in [4.78, 5) is 13.4. The van der Waals surface area contributed by atoms with E-state index in [4.69, 9.17) is 4.99 Å². The number of nitrogens with zero attached hydrogens (tertiary/aromatic N) is 3. The van der Waals surface area contributed by atoms with Gasteiger partial charge in [-0.3, -0.25) is 4.99 Å². The van der Waals surface area contributed by atoms with E-state index in [9.17, 15) is 0 Å². The Balaban J connectivity index is 0.000000880. The molecule has 5 nitrogen and oxygen atoms in total. The second-order valence-electron chi connectivity index (χ2n) is 6.33. The molecule has 1 fully saturated rings. The number of amidine groups is 1. The Hall–Kier alpha value is -2.43. The molecular formula is C20H27N5. The van der Waals surface area contributed by atoms with Crippen LogP contribution >= 0.6 is 0 Å². The van der Waals surface area contributed by atoms with E-state index in [1.54, 1.807) is 6.33 Å². The van der Waals surface area contributed by atoms with Gasteiger partial charge in [0.1, 0.15) is 12.2 Å². The van der Waals surface area contributed by atoms with Crippen molar-refractivity contribution in [3.05, 3.63) is 48.4 Å². The van der Waals surface area contributed by atoms with Crippen LogP contribution in [0.5, 0.6) is 0 Å². The zero-order valence-electron chi connectivity index (χ0n) is 15.1. The molecule has 0 unspecified atom stereocenters. The summed E-state index contributed by atoms with van der Waals surface area (Å²) < 4.78 is 0. The molecule has 1 spiro atoms. The molecule has 2 aliphatic rings. The Bertz CT molecular complexity index is 705. The lowest BCUT2D eigenvalue weighted by Gasteiger charge is -2.43. The van der Waals surface area contributed by atoms with Crippen molar-refractivity contribution in [1.82, 2.24) is 9.97 Å². The maximum atomic E-state index is 4.91. The minimum Gasteiger partial charge on any atom is -0.368 e. The van der Waals surface area contributed by atoms with Crippen LogP contribution in [-0.2, 0) is 6.54 Å². The molecule has 2 aromatic rings. The van der Waals surface area contributed by atoms with E-state index in [-0.39, 0.29) is 5.54 Å². The minimum absolute atomic E-state index is 0.0925. The van der Waals surface area contributed by atoms with Gasteiger partial charge in [-0.25, -0.2) is 9.97 Å². The monoisotopic (exact) mass is 337 g/mol. The molecule has 0 bridgehead atoms. The standard InChI is InChI=1S/C18H21N5.C2H6/c1-3-7-14(8-4-1)11-20-17-18(9-5-2-6-10-18)23-15-12-19-13-21-16(15)22-17;1-2/h1,3-4,7-8,12-13,23H,2,5-6,9-11H2,(H,19,20,21,22);1-2H3. The molecule has 5 heteroatoms. The van der Waals surface area contributed by atoms with Crippen molar-refractivity contribution < 1.29 is 0 Å². The van der Waals surface area contributed by atoms with Crippen molar-refractivity contribution in [3.63, 3.8) is 0 Å². The first-order chi connectivity index (χ1) is 12.4. The van der Waals surface area contributed by atoms with Crippen LogP contribution < -0.4 is 10.6 Å². The quantitative estimate of drug-likeness (QED) is 0.838. The van der Waals surface area contributed by atoms with Crippen molar-refractivity contribution in [3.8, 4) is 0 Å². The molecule has 0 radical (unpaired) electrons. The van der Waals surface area contributed by atoms with Gasteiger partial charge in [0.2, 0.25) is 0 Å². The lowest BCUT2D eigenvalue weighted by molar-refractivity contribution is 0.402. The number of rotatable bonds is 2. The van der Waals surface area contributed by atoms with Crippen LogP contribution in [0.4, 0.5) is 11.5 Å². The van der Waals surface area contributed by atoms with E-state index in [2.05, 4.69) is 44.9 Å². The molecule has 1 saturated carbocycles. The molecule has 1 aromatic heterocycles. The smallest absolute Gasteiger partial charge is 0.158 e. The van der Waals surface area contributed by atoms with Gasteiger partial charge in [0, 0.05) is 0 Å². The third-order valence-electron chi connectivity index (χ3n) is 4.75. The van der Waals surface area contributed by atoms with Crippen LogP contribution in [0.1, 0.15) is 51.5 Å². The maximum Gasteiger partial charge on any atom is 0.158 e. The Kier molecular flexibility index (Phi) is 5.64. The molecule has 0 saturated heterocycles. The fourth-order valence-corrected chi connectivity index (χ4v) is 3.53. The number of nitrogens with one attached hydrogen (secondary N) is 2. The molecular weight excluding hydrogens is 310 g/mol.